The number of hydrogen-bond acceptors (Lipinski definition) is 19. The van der Waals surface area contributed by atoms with Crippen LogP contribution < -0.4 is 4.90 Å². The van der Waals surface area contributed by atoms with Crippen LogP contribution in [-0.4, -0.2) is 166 Å². The summed E-state index contributed by atoms with van der Waals surface area (Å²) in [6.45, 7) is 1.79. The number of fused-ring (bicyclic) bond motifs is 2. The van der Waals surface area contributed by atoms with Crippen LogP contribution in [0.5, 0.6) is 0 Å². The first-order valence-corrected chi connectivity index (χ1v) is 36.1. The molecule has 37 heteroatoms. The van der Waals surface area contributed by atoms with Crippen molar-refractivity contribution in [1.29, 1.82) is 0 Å². The quantitative estimate of drug-likeness (QED) is 0.0142. The van der Waals surface area contributed by atoms with Gasteiger partial charge in [0.05, 0.1) is 44.1 Å². The minimum atomic E-state index is -5.23. The zero-order valence-corrected chi connectivity index (χ0v) is 50.3. The number of aromatic nitrogens is 1. The molecule has 0 unspecified atom stereocenters. The van der Waals surface area contributed by atoms with E-state index in [2.05, 4.69) is 4.98 Å². The fourth-order valence-electron chi connectivity index (χ4n) is 8.75. The summed E-state index contributed by atoms with van der Waals surface area (Å²) < 4.78 is 277. The Kier molecular flexibility index (Phi) is 21.5. The largest absolute Gasteiger partial charge is 0.478 e. The standard InChI is InChI=1S/C47H53N3O26S8/c1-30-40-25-36(81(65,66)67)27-45(83(71,72)73)38(40)14-17-43(30)49(19-5-23-79(59,60)61)34(7-3-21-77(53,54)55)12-9-32(42-16-11-33(29-48-42)47(51)52)10-13-35(8-4-22-78(56,57)58)50(20-6-24-80(62,63)64)44-18-15-39-41(31(44)2)26-37(82(68,69)70)28-46(39)84(74,75)76/h9-18,25-29H,3-8,19-24H2,1-2H3,(H8-,51,52,53,54,55,56,57,58,59,60,61,62,63,64,65,66,67,68,69,70,71,72,73,74,75,76)/p+1. The van der Waals surface area contributed by atoms with Crippen molar-refractivity contribution in [2.75, 3.05) is 41.0 Å². The predicted octanol–water partition coefficient (Wildman–Crippen LogP) is 4.70. The van der Waals surface area contributed by atoms with Gasteiger partial charge in [0.25, 0.3) is 80.9 Å². The third-order valence-corrected chi connectivity index (χ3v) is 19.2. The highest BCUT2D eigenvalue weighted by Gasteiger charge is 2.28. The van der Waals surface area contributed by atoms with Crippen molar-refractivity contribution in [3.8, 4) is 0 Å². The molecule has 84 heavy (non-hydrogen) atoms. The molecule has 460 valence electrons. The van der Waals surface area contributed by atoms with Gasteiger partial charge in [0.1, 0.15) is 16.3 Å². The number of aryl methyl sites for hydroxylation is 2. The van der Waals surface area contributed by atoms with Crippen molar-refractivity contribution in [3.05, 3.63) is 119 Å². The van der Waals surface area contributed by atoms with Crippen LogP contribution in [0, 0.1) is 13.8 Å². The Morgan fingerprint density at radius 2 is 1.00 bits per heavy atom. The summed E-state index contributed by atoms with van der Waals surface area (Å²) in [5.74, 6) is -5.05. The summed E-state index contributed by atoms with van der Waals surface area (Å²) in [7, 11) is -39.7. The lowest BCUT2D eigenvalue weighted by Crippen LogP contribution is -2.27. The molecule has 1 heterocycles. The number of hydrogen-bond donors (Lipinski definition) is 9. The lowest BCUT2D eigenvalue weighted by atomic mass is 10.0. The van der Waals surface area contributed by atoms with Crippen LogP contribution in [0.1, 0.15) is 65.7 Å². The molecule has 29 nitrogen and oxygen atoms in total. The number of carboxylic acids is 1. The second-order valence-electron chi connectivity index (χ2n) is 18.6. The van der Waals surface area contributed by atoms with Gasteiger partial charge in [0, 0.05) is 71.0 Å². The van der Waals surface area contributed by atoms with Gasteiger partial charge >= 0.3 is 5.97 Å². The molecule has 4 aromatic carbocycles. The minimum Gasteiger partial charge on any atom is -0.478 e. The molecule has 0 saturated heterocycles. The highest BCUT2D eigenvalue weighted by Crippen LogP contribution is 2.38. The van der Waals surface area contributed by atoms with Gasteiger partial charge in [-0.1, -0.05) is 12.1 Å². The first kappa shape index (κ1) is 68.8. The molecule has 0 fully saturated rings. The summed E-state index contributed by atoms with van der Waals surface area (Å²) in [5.41, 5.74) is -0.513. The van der Waals surface area contributed by atoms with Crippen LogP contribution in [0.4, 0.5) is 11.4 Å². The summed E-state index contributed by atoms with van der Waals surface area (Å²) in [6, 6.07) is 9.70. The van der Waals surface area contributed by atoms with Crippen molar-refractivity contribution in [1.82, 2.24) is 4.98 Å². The summed E-state index contributed by atoms with van der Waals surface area (Å²) in [5, 5.41) is 8.70. The van der Waals surface area contributed by atoms with Crippen molar-refractivity contribution in [3.63, 3.8) is 0 Å². The molecule has 5 rings (SSSR count). The van der Waals surface area contributed by atoms with Gasteiger partial charge in [-0.3, -0.25) is 41.4 Å². The van der Waals surface area contributed by atoms with Crippen LogP contribution >= 0.6 is 0 Å². The first-order chi connectivity index (χ1) is 38.3. The topological polar surface area (TPSA) is 491 Å². The SMILES string of the molecule is Cc1c(N(CCCS(=O)(=O)O)/C(=C/C=C(/C=C/C(CCCS(=O)(=O)O)=[N+](\CCCS(=O)(=O)O)c2ccc3c(S(=O)(=O)O)cc(S(=O)(=O)O)cc3c2C)c2ccc(C(=O)O)cn2)CCCS(=O)(=O)O)ccc2c(S(=O)(=O)O)cc(S(=O)(=O)O)cc12. The fourth-order valence-corrected chi connectivity index (χ4v) is 13.4. The second kappa shape index (κ2) is 26.3. The molecule has 0 aliphatic heterocycles. The fraction of sp³-hybridized carbons (Fsp3) is 0.298. The summed E-state index contributed by atoms with van der Waals surface area (Å²) in [6.07, 6.45) is 3.59. The molecule has 0 aliphatic rings. The number of benzene rings is 4. The molecule has 0 atom stereocenters. The van der Waals surface area contributed by atoms with Gasteiger partial charge in [-0.05, 0) is 117 Å². The zero-order chi connectivity index (χ0) is 63.3. The molecule has 0 amide bonds. The molecule has 9 N–H and O–H groups in total. The average molecular weight is 1330 g/mol. The van der Waals surface area contributed by atoms with Crippen molar-refractivity contribution < 1.29 is 118 Å². The van der Waals surface area contributed by atoms with Crippen LogP contribution in [0.3, 0.4) is 0 Å². The Balaban J connectivity index is 1.95. The van der Waals surface area contributed by atoms with Gasteiger partial charge in [0.15, 0.2) is 5.71 Å². The Morgan fingerprint density at radius 3 is 1.46 bits per heavy atom. The number of pyridine rings is 1. The molecule has 0 radical (unpaired) electrons. The van der Waals surface area contributed by atoms with Crippen molar-refractivity contribution >= 4 is 131 Å². The molecule has 1 aromatic heterocycles. The molecule has 0 saturated carbocycles. The lowest BCUT2D eigenvalue weighted by molar-refractivity contribution is -0.441. The molecule has 0 spiro atoms. The van der Waals surface area contributed by atoms with Crippen LogP contribution in [0.15, 0.2) is 116 Å². The van der Waals surface area contributed by atoms with E-state index in [-0.39, 0.29) is 85.1 Å². The number of carboxylic acid groups (broad SMARTS) is 1. The van der Waals surface area contributed by atoms with Crippen LogP contribution in [0.25, 0.3) is 27.1 Å². The first-order valence-electron chi connectivity index (χ1n) is 23.9. The van der Waals surface area contributed by atoms with Gasteiger partial charge in [-0.2, -0.15) is 71.9 Å². The second-order valence-corrected chi connectivity index (χ2v) is 30.5. The maximum Gasteiger partial charge on any atom is 0.337 e. The summed E-state index contributed by atoms with van der Waals surface area (Å²) in [4.78, 5) is 13.6. The number of rotatable bonds is 28. The van der Waals surface area contributed by atoms with E-state index in [0.717, 1.165) is 36.5 Å². The number of anilines is 1. The number of aromatic carboxylic acids is 1. The molecule has 0 bridgehead atoms. The Morgan fingerprint density at radius 1 is 0.524 bits per heavy atom. The molecular formula is C47H54N3O26S8+. The molecule has 5 aromatic rings. The molecule has 0 aliphatic carbocycles. The van der Waals surface area contributed by atoms with E-state index in [9.17, 15) is 114 Å². The number of nitrogens with zero attached hydrogens (tertiary/aromatic N) is 3. The van der Waals surface area contributed by atoms with Crippen LogP contribution in [-0.2, 0) is 80.9 Å². The average Bonchev–Trinajstić information content (AvgIpc) is 3.09. The maximum absolute atomic E-state index is 12.6. The van der Waals surface area contributed by atoms with E-state index in [0.29, 0.717) is 12.1 Å². The van der Waals surface area contributed by atoms with Crippen molar-refractivity contribution in [2.45, 2.75) is 72.0 Å². The number of allylic oxidation sites excluding steroid dienone is 6. The highest BCUT2D eigenvalue weighted by atomic mass is 32.2. The van der Waals surface area contributed by atoms with Gasteiger partial charge < -0.3 is 10.0 Å². The Bertz CT molecular complexity index is 4520. The number of carbonyl (C=O) groups is 1. The third kappa shape index (κ3) is 19.5. The molecular weight excluding hydrogens is 1280 g/mol. The van der Waals surface area contributed by atoms with E-state index in [1.807, 2.05) is 0 Å². The monoisotopic (exact) mass is 1330 g/mol. The lowest BCUT2D eigenvalue weighted by Gasteiger charge is -2.30. The van der Waals surface area contributed by atoms with Crippen LogP contribution in [0.2, 0.25) is 0 Å². The third-order valence-electron chi connectivity index (χ3n) is 12.5. The summed E-state index contributed by atoms with van der Waals surface area (Å²) >= 11 is 0. The Labute approximate surface area is 483 Å². The smallest absolute Gasteiger partial charge is 0.337 e. The minimum absolute atomic E-state index is 0.00468. The van der Waals surface area contributed by atoms with Gasteiger partial charge in [-0.25, -0.2) is 4.79 Å². The predicted molar refractivity (Wildman–Crippen MR) is 304 cm³/mol. The van der Waals surface area contributed by atoms with E-state index < -0.39 is 168 Å². The van der Waals surface area contributed by atoms with Gasteiger partial charge in [0.2, 0.25) is 5.69 Å². The van der Waals surface area contributed by atoms with Crippen molar-refractivity contribution in [2.24, 2.45) is 0 Å². The van der Waals surface area contributed by atoms with E-state index in [1.165, 1.54) is 65.8 Å². The van der Waals surface area contributed by atoms with E-state index in [1.54, 1.807) is 0 Å². The normalized spacial score (nSPS) is 14.1. The van der Waals surface area contributed by atoms with Gasteiger partial charge in [-0.15, -0.1) is 0 Å². The zero-order valence-electron chi connectivity index (χ0n) is 43.7. The van der Waals surface area contributed by atoms with E-state index in [4.69, 9.17) is 0 Å². The highest BCUT2D eigenvalue weighted by molar-refractivity contribution is 7.88. The maximum atomic E-state index is 12.6. The van der Waals surface area contributed by atoms with E-state index >= 15 is 0 Å². The Hall–Kier alpha value is -6.01.